The summed E-state index contributed by atoms with van der Waals surface area (Å²) in [6.45, 7) is 6.00. The normalized spacial score (nSPS) is 36.6. The Balaban J connectivity index is 1.78. The van der Waals surface area contributed by atoms with Crippen molar-refractivity contribution in [3.8, 4) is 0 Å². The van der Waals surface area contributed by atoms with Gasteiger partial charge in [0.2, 0.25) is 5.91 Å². The van der Waals surface area contributed by atoms with Gasteiger partial charge in [0.1, 0.15) is 5.60 Å². The average molecular weight is 263 g/mol. The Kier molecular flexibility index (Phi) is 2.73. The number of fused-ring (bicyclic) bond motifs is 1. The molecule has 4 atom stereocenters. The number of amides is 2. The zero-order valence-corrected chi connectivity index (χ0v) is 11.8. The maximum atomic E-state index is 12.4. The summed E-state index contributed by atoms with van der Waals surface area (Å²) in [6, 6.07) is 0. The Morgan fingerprint density at radius 3 is 2.42 bits per heavy atom. The Bertz CT molecular complexity index is 449. The summed E-state index contributed by atoms with van der Waals surface area (Å²) < 4.78 is 5.33. The minimum atomic E-state index is -0.553. The van der Waals surface area contributed by atoms with Crippen LogP contribution < -0.4 is 0 Å². The van der Waals surface area contributed by atoms with Crippen molar-refractivity contribution in [1.82, 2.24) is 4.90 Å². The topological polar surface area (TPSA) is 46.6 Å². The van der Waals surface area contributed by atoms with Crippen LogP contribution in [0.5, 0.6) is 0 Å². The van der Waals surface area contributed by atoms with Crippen molar-refractivity contribution in [3.63, 3.8) is 0 Å². The molecule has 4 nitrogen and oxygen atoms in total. The summed E-state index contributed by atoms with van der Waals surface area (Å²) in [5.41, 5.74) is -0.553. The number of allylic oxidation sites excluding steroid dienone is 2. The van der Waals surface area contributed by atoms with Crippen LogP contribution in [0.15, 0.2) is 12.2 Å². The van der Waals surface area contributed by atoms with E-state index in [0.717, 1.165) is 12.8 Å². The highest BCUT2D eigenvalue weighted by atomic mass is 16.6. The lowest BCUT2D eigenvalue weighted by Gasteiger charge is -2.39. The molecule has 2 fully saturated rings. The van der Waals surface area contributed by atoms with Crippen LogP contribution in [0.4, 0.5) is 4.79 Å². The van der Waals surface area contributed by atoms with E-state index >= 15 is 0 Å². The van der Waals surface area contributed by atoms with Crippen LogP contribution in [0.25, 0.3) is 0 Å². The van der Waals surface area contributed by atoms with E-state index in [-0.39, 0.29) is 11.8 Å². The van der Waals surface area contributed by atoms with Gasteiger partial charge >= 0.3 is 6.09 Å². The molecule has 0 spiro atoms. The molecule has 1 heterocycles. The fourth-order valence-corrected chi connectivity index (χ4v) is 3.68. The fraction of sp³-hybridized carbons (Fsp3) is 0.733. The minimum absolute atomic E-state index is 0.0104. The number of hydrogen-bond donors (Lipinski definition) is 0. The average Bonchev–Trinajstić information content (AvgIpc) is 2.69. The molecule has 2 bridgehead atoms. The van der Waals surface area contributed by atoms with Gasteiger partial charge in [-0.2, -0.15) is 0 Å². The molecule has 0 aromatic heterocycles. The third kappa shape index (κ3) is 2.07. The molecule has 1 saturated heterocycles. The number of hydrogen-bond acceptors (Lipinski definition) is 3. The predicted molar refractivity (Wildman–Crippen MR) is 70.3 cm³/mol. The van der Waals surface area contributed by atoms with Crippen LogP contribution in [0, 0.1) is 23.7 Å². The zero-order chi connectivity index (χ0) is 13.8. The molecule has 4 aliphatic rings. The van der Waals surface area contributed by atoms with E-state index in [9.17, 15) is 9.59 Å². The lowest BCUT2D eigenvalue weighted by atomic mass is 9.63. The first-order chi connectivity index (χ1) is 8.87. The number of ether oxygens (including phenoxy) is 1. The van der Waals surface area contributed by atoms with Gasteiger partial charge in [0.15, 0.2) is 0 Å². The van der Waals surface area contributed by atoms with Crippen LogP contribution in [0.3, 0.4) is 0 Å². The number of imide groups is 1. The highest BCUT2D eigenvalue weighted by molar-refractivity contribution is 5.96. The molecule has 1 saturated carbocycles. The fourth-order valence-electron chi connectivity index (χ4n) is 3.68. The first-order valence-electron chi connectivity index (χ1n) is 7.09. The number of carbonyl (C=O) groups excluding carboxylic acids is 2. The maximum Gasteiger partial charge on any atom is 0.417 e. The van der Waals surface area contributed by atoms with Gasteiger partial charge < -0.3 is 4.74 Å². The second-order valence-corrected chi connectivity index (χ2v) is 6.91. The lowest BCUT2D eigenvalue weighted by molar-refractivity contribution is -0.132. The SMILES string of the molecule is CC(C)(C)OC(=O)N1CC2C3C=CC(CC3)C2C1=O. The summed E-state index contributed by atoms with van der Waals surface area (Å²) in [5.74, 6) is 1.08. The molecule has 4 unspecified atom stereocenters. The van der Waals surface area contributed by atoms with Crippen molar-refractivity contribution < 1.29 is 14.3 Å². The van der Waals surface area contributed by atoms with Gasteiger partial charge in [-0.05, 0) is 51.4 Å². The van der Waals surface area contributed by atoms with Crippen LogP contribution in [-0.2, 0) is 9.53 Å². The summed E-state index contributed by atoms with van der Waals surface area (Å²) in [6.07, 6.45) is 6.16. The lowest BCUT2D eigenvalue weighted by Crippen LogP contribution is -2.39. The quantitative estimate of drug-likeness (QED) is 0.631. The van der Waals surface area contributed by atoms with Gasteiger partial charge in [0.25, 0.3) is 0 Å². The smallest absolute Gasteiger partial charge is 0.417 e. The molecule has 0 radical (unpaired) electrons. The van der Waals surface area contributed by atoms with E-state index in [4.69, 9.17) is 4.74 Å². The van der Waals surface area contributed by atoms with Gasteiger partial charge in [0.05, 0.1) is 5.92 Å². The van der Waals surface area contributed by atoms with Crippen LogP contribution in [0.2, 0.25) is 0 Å². The van der Waals surface area contributed by atoms with E-state index in [1.165, 1.54) is 4.90 Å². The minimum Gasteiger partial charge on any atom is -0.443 e. The first kappa shape index (κ1) is 12.7. The first-order valence-corrected chi connectivity index (χ1v) is 7.09. The molecule has 0 aromatic carbocycles. The molecule has 0 aromatic rings. The van der Waals surface area contributed by atoms with Crippen molar-refractivity contribution in [2.45, 2.75) is 39.2 Å². The summed E-state index contributed by atoms with van der Waals surface area (Å²) in [4.78, 5) is 25.9. The standard InChI is InChI=1S/C15H21NO3/c1-15(2,3)19-14(18)16-8-11-9-4-6-10(7-5-9)12(11)13(16)17/h4,6,9-12H,5,7-8H2,1-3H3. The molecule has 104 valence electrons. The van der Waals surface area contributed by atoms with Crippen LogP contribution in [0.1, 0.15) is 33.6 Å². The summed E-state index contributed by atoms with van der Waals surface area (Å²) >= 11 is 0. The van der Waals surface area contributed by atoms with E-state index in [0.29, 0.717) is 24.3 Å². The summed E-state index contributed by atoms with van der Waals surface area (Å²) in [7, 11) is 0. The third-order valence-electron chi connectivity index (χ3n) is 4.47. The molecule has 3 aliphatic carbocycles. The number of nitrogens with zero attached hydrogens (tertiary/aromatic N) is 1. The number of rotatable bonds is 0. The van der Waals surface area contributed by atoms with E-state index < -0.39 is 11.7 Å². The molecular weight excluding hydrogens is 242 g/mol. The molecule has 1 aliphatic heterocycles. The van der Waals surface area contributed by atoms with Crippen molar-refractivity contribution in [1.29, 1.82) is 0 Å². The van der Waals surface area contributed by atoms with Gasteiger partial charge in [-0.15, -0.1) is 0 Å². The highest BCUT2D eigenvalue weighted by Gasteiger charge is 2.53. The molecule has 2 amide bonds. The molecule has 0 N–H and O–H groups in total. The Hall–Kier alpha value is -1.32. The van der Waals surface area contributed by atoms with Crippen molar-refractivity contribution in [2.24, 2.45) is 23.7 Å². The monoisotopic (exact) mass is 263 g/mol. The second kappa shape index (κ2) is 4.09. The van der Waals surface area contributed by atoms with Gasteiger partial charge in [0, 0.05) is 6.54 Å². The van der Waals surface area contributed by atoms with Crippen LogP contribution in [-0.4, -0.2) is 29.0 Å². The number of carbonyl (C=O) groups is 2. The van der Waals surface area contributed by atoms with Crippen molar-refractivity contribution >= 4 is 12.0 Å². The van der Waals surface area contributed by atoms with Crippen molar-refractivity contribution in [2.75, 3.05) is 6.54 Å². The van der Waals surface area contributed by atoms with Crippen molar-refractivity contribution in [3.05, 3.63) is 12.2 Å². The molecule has 4 rings (SSSR count). The van der Waals surface area contributed by atoms with Gasteiger partial charge in [-0.1, -0.05) is 12.2 Å². The molecule has 4 heteroatoms. The van der Waals surface area contributed by atoms with Crippen LogP contribution >= 0.6 is 0 Å². The second-order valence-electron chi connectivity index (χ2n) is 6.91. The predicted octanol–water partition coefficient (Wildman–Crippen LogP) is 2.59. The summed E-state index contributed by atoms with van der Waals surface area (Å²) in [5, 5.41) is 0. The largest absolute Gasteiger partial charge is 0.443 e. The Morgan fingerprint density at radius 2 is 1.89 bits per heavy atom. The molecule has 19 heavy (non-hydrogen) atoms. The zero-order valence-electron chi connectivity index (χ0n) is 11.8. The third-order valence-corrected chi connectivity index (χ3v) is 4.47. The van der Waals surface area contributed by atoms with E-state index in [2.05, 4.69) is 12.2 Å². The Morgan fingerprint density at radius 1 is 1.26 bits per heavy atom. The highest BCUT2D eigenvalue weighted by Crippen LogP contribution is 2.49. The maximum absolute atomic E-state index is 12.4. The number of likely N-dealkylation sites (tertiary alicyclic amines) is 1. The Labute approximate surface area is 113 Å². The van der Waals surface area contributed by atoms with Gasteiger partial charge in [-0.3, -0.25) is 4.79 Å². The molecular formula is C15H21NO3. The van der Waals surface area contributed by atoms with Gasteiger partial charge in [-0.25, -0.2) is 9.69 Å². The van der Waals surface area contributed by atoms with E-state index in [1.807, 2.05) is 20.8 Å². The van der Waals surface area contributed by atoms with E-state index in [1.54, 1.807) is 0 Å².